The first-order valence-corrected chi connectivity index (χ1v) is 11.8. The molecule has 2 aliphatic rings. The monoisotopic (exact) mass is 403 g/mol. The average Bonchev–Trinajstić information content (AvgIpc) is 3.05. The lowest BCUT2D eigenvalue weighted by Crippen LogP contribution is -2.34. The molecule has 2 heterocycles. The number of aromatic nitrogens is 2. The van der Waals surface area contributed by atoms with Gasteiger partial charge in [0.15, 0.2) is 5.82 Å². The fourth-order valence-electron chi connectivity index (χ4n) is 4.18. The molecule has 1 spiro atoms. The fraction of sp³-hybridized carbons (Fsp3) is 0.619. The smallest absolute Gasteiger partial charge is 0.245 e. The van der Waals surface area contributed by atoms with Gasteiger partial charge in [-0.15, -0.1) is 0 Å². The highest BCUT2D eigenvalue weighted by Gasteiger charge is 2.56. The molecule has 2 aromatic rings. The molecule has 2 fully saturated rings. The minimum Gasteiger partial charge on any atom is -0.338 e. The lowest BCUT2D eigenvalue weighted by Gasteiger charge is -2.22. The maximum Gasteiger partial charge on any atom is 0.245 e. The zero-order valence-electron chi connectivity index (χ0n) is 16.7. The van der Waals surface area contributed by atoms with Crippen LogP contribution in [0.2, 0.25) is 0 Å². The van der Waals surface area contributed by atoms with E-state index in [0.717, 1.165) is 38.5 Å². The van der Waals surface area contributed by atoms with E-state index in [1.165, 1.54) is 5.56 Å². The molecule has 1 aromatic heterocycles. The Morgan fingerprint density at radius 3 is 2.64 bits per heavy atom. The highest BCUT2D eigenvalue weighted by molar-refractivity contribution is 7.89. The van der Waals surface area contributed by atoms with Crippen LogP contribution >= 0.6 is 0 Å². The Balaban J connectivity index is 1.44. The van der Waals surface area contributed by atoms with Gasteiger partial charge in [-0.25, -0.2) is 8.42 Å². The molecule has 0 radical (unpaired) electrons. The number of hydrogen-bond acceptors (Lipinski definition) is 5. The molecule has 1 aliphatic carbocycles. The van der Waals surface area contributed by atoms with Crippen molar-refractivity contribution in [2.45, 2.75) is 58.4 Å². The minimum absolute atomic E-state index is 0.0950. The van der Waals surface area contributed by atoms with Crippen molar-refractivity contribution in [3.63, 3.8) is 0 Å². The lowest BCUT2D eigenvalue weighted by molar-refractivity contribution is 0.288. The fourth-order valence-corrected chi connectivity index (χ4v) is 6.23. The van der Waals surface area contributed by atoms with Gasteiger partial charge in [0.25, 0.3) is 0 Å². The van der Waals surface area contributed by atoms with Crippen molar-refractivity contribution in [3.8, 4) is 0 Å². The zero-order chi connectivity index (χ0) is 19.8. The summed E-state index contributed by atoms with van der Waals surface area (Å²) in [6.07, 6.45) is 5.62. The molecule has 0 amide bonds. The summed E-state index contributed by atoms with van der Waals surface area (Å²) in [6, 6.07) is 10.0. The lowest BCUT2D eigenvalue weighted by atomic mass is 10.0. The van der Waals surface area contributed by atoms with Gasteiger partial charge in [0.1, 0.15) is 6.04 Å². The van der Waals surface area contributed by atoms with Gasteiger partial charge in [0, 0.05) is 13.0 Å². The molecular weight excluding hydrogens is 374 g/mol. The maximum absolute atomic E-state index is 12.9. The van der Waals surface area contributed by atoms with Crippen LogP contribution in [0.4, 0.5) is 0 Å². The first-order chi connectivity index (χ1) is 13.4. The molecule has 1 aromatic carbocycles. The van der Waals surface area contributed by atoms with Gasteiger partial charge >= 0.3 is 0 Å². The molecule has 28 heavy (non-hydrogen) atoms. The normalized spacial score (nSPS) is 21.6. The zero-order valence-corrected chi connectivity index (χ0v) is 17.5. The quantitative estimate of drug-likeness (QED) is 0.671. The van der Waals surface area contributed by atoms with Gasteiger partial charge in [0.2, 0.25) is 15.9 Å². The van der Waals surface area contributed by atoms with Gasteiger partial charge in [0.05, 0.1) is 5.75 Å². The molecule has 1 saturated carbocycles. The van der Waals surface area contributed by atoms with Crippen molar-refractivity contribution in [2.75, 3.05) is 12.3 Å². The highest BCUT2D eigenvalue weighted by Crippen LogP contribution is 2.59. The van der Waals surface area contributed by atoms with E-state index in [0.29, 0.717) is 18.3 Å². The molecule has 4 rings (SSSR count). The van der Waals surface area contributed by atoms with Crippen LogP contribution in [0.15, 0.2) is 34.9 Å². The summed E-state index contributed by atoms with van der Waals surface area (Å²) in [5, 5.41) is 4.13. The summed E-state index contributed by atoms with van der Waals surface area (Å²) in [4.78, 5) is 4.58. The standard InChI is InChI=1S/C21H29N3O3S/c1-16(2)14-28(25,26)24-15-21(11-12-21)13-18(24)20-22-19(23-27-20)10-6-9-17-7-4-3-5-8-17/h3-5,7-8,16,18H,6,9-15H2,1-2H3/t18-/m0/s1. The van der Waals surface area contributed by atoms with Gasteiger partial charge < -0.3 is 4.52 Å². The van der Waals surface area contributed by atoms with E-state index in [2.05, 4.69) is 22.3 Å². The SMILES string of the molecule is CC(C)CS(=O)(=O)N1CC2(CC2)C[C@H]1c1nc(CCCc2ccccc2)no1. The van der Waals surface area contributed by atoms with Crippen molar-refractivity contribution in [1.29, 1.82) is 0 Å². The van der Waals surface area contributed by atoms with Crippen LogP contribution in [0.3, 0.4) is 0 Å². The Kier molecular flexibility index (Phi) is 5.31. The van der Waals surface area contributed by atoms with Gasteiger partial charge in [-0.05, 0) is 49.0 Å². The minimum atomic E-state index is -3.33. The Morgan fingerprint density at radius 1 is 1.21 bits per heavy atom. The first-order valence-electron chi connectivity index (χ1n) is 10.2. The Labute approximate surface area is 167 Å². The van der Waals surface area contributed by atoms with Crippen molar-refractivity contribution < 1.29 is 12.9 Å². The third kappa shape index (κ3) is 4.30. The second-order valence-corrected chi connectivity index (χ2v) is 10.8. The molecule has 152 valence electrons. The largest absolute Gasteiger partial charge is 0.338 e. The van der Waals surface area contributed by atoms with Gasteiger partial charge in [-0.1, -0.05) is 49.3 Å². The Morgan fingerprint density at radius 2 is 1.96 bits per heavy atom. The molecule has 6 nitrogen and oxygen atoms in total. The average molecular weight is 404 g/mol. The highest BCUT2D eigenvalue weighted by atomic mass is 32.2. The van der Waals surface area contributed by atoms with Crippen molar-refractivity contribution in [2.24, 2.45) is 11.3 Å². The van der Waals surface area contributed by atoms with Crippen molar-refractivity contribution in [3.05, 3.63) is 47.6 Å². The second kappa shape index (κ2) is 7.59. The molecular formula is C21H29N3O3S. The number of benzene rings is 1. The van der Waals surface area contributed by atoms with E-state index in [1.54, 1.807) is 4.31 Å². The van der Waals surface area contributed by atoms with Gasteiger partial charge in [-0.2, -0.15) is 9.29 Å². The molecule has 1 aliphatic heterocycles. The number of aryl methyl sites for hydroxylation is 2. The van der Waals surface area contributed by atoms with Crippen LogP contribution in [-0.4, -0.2) is 35.2 Å². The molecule has 0 N–H and O–H groups in total. The number of nitrogens with zero attached hydrogens (tertiary/aromatic N) is 3. The van der Waals surface area contributed by atoms with E-state index >= 15 is 0 Å². The third-order valence-electron chi connectivity index (χ3n) is 5.80. The summed E-state index contributed by atoms with van der Waals surface area (Å²) < 4.78 is 33.0. The summed E-state index contributed by atoms with van der Waals surface area (Å²) in [5.74, 6) is 1.39. The van der Waals surface area contributed by atoms with E-state index < -0.39 is 10.0 Å². The first kappa shape index (κ1) is 19.6. The van der Waals surface area contributed by atoms with Crippen LogP contribution in [0, 0.1) is 11.3 Å². The Bertz CT molecular complexity index is 904. The predicted octanol–water partition coefficient (Wildman–Crippen LogP) is 3.76. The van der Waals surface area contributed by atoms with Crippen LogP contribution < -0.4 is 0 Å². The van der Waals surface area contributed by atoms with E-state index in [1.807, 2.05) is 32.0 Å². The summed E-state index contributed by atoms with van der Waals surface area (Å²) in [7, 11) is -3.33. The van der Waals surface area contributed by atoms with Gasteiger partial charge in [-0.3, -0.25) is 0 Å². The van der Waals surface area contributed by atoms with Crippen LogP contribution in [0.5, 0.6) is 0 Å². The maximum atomic E-state index is 12.9. The molecule has 1 saturated heterocycles. The Hall–Kier alpha value is -1.73. The van der Waals surface area contributed by atoms with Crippen LogP contribution in [-0.2, 0) is 22.9 Å². The van der Waals surface area contributed by atoms with E-state index in [9.17, 15) is 8.42 Å². The van der Waals surface area contributed by atoms with Crippen molar-refractivity contribution >= 4 is 10.0 Å². The van der Waals surface area contributed by atoms with E-state index in [-0.39, 0.29) is 23.1 Å². The topological polar surface area (TPSA) is 76.3 Å². The molecule has 7 heteroatoms. The summed E-state index contributed by atoms with van der Waals surface area (Å²) >= 11 is 0. The summed E-state index contributed by atoms with van der Waals surface area (Å²) in [6.45, 7) is 4.47. The number of rotatable bonds is 8. The third-order valence-corrected chi connectivity index (χ3v) is 7.99. The number of sulfonamides is 1. The number of hydrogen-bond donors (Lipinski definition) is 0. The summed E-state index contributed by atoms with van der Waals surface area (Å²) in [5.41, 5.74) is 1.43. The molecule has 0 bridgehead atoms. The molecule has 0 unspecified atom stereocenters. The molecule has 1 atom stereocenters. The predicted molar refractivity (Wildman–Crippen MR) is 107 cm³/mol. The van der Waals surface area contributed by atoms with Crippen molar-refractivity contribution in [1.82, 2.24) is 14.4 Å². The van der Waals surface area contributed by atoms with Crippen LogP contribution in [0.1, 0.15) is 62.9 Å². The second-order valence-electron chi connectivity index (χ2n) is 8.83. The van der Waals surface area contributed by atoms with E-state index in [4.69, 9.17) is 4.52 Å². The van der Waals surface area contributed by atoms with Crippen LogP contribution in [0.25, 0.3) is 0 Å².